The Morgan fingerprint density at radius 3 is 1.53 bits per heavy atom. The summed E-state index contributed by atoms with van der Waals surface area (Å²) in [7, 11) is 0. The van der Waals surface area contributed by atoms with E-state index < -0.39 is 5.97 Å². The van der Waals surface area contributed by atoms with Crippen molar-refractivity contribution in [3.63, 3.8) is 0 Å². The van der Waals surface area contributed by atoms with Crippen molar-refractivity contribution in [2.45, 2.75) is 130 Å². The van der Waals surface area contributed by atoms with Crippen LogP contribution < -0.4 is 34.7 Å². The molecule has 0 saturated carbocycles. The molecule has 4 heteroatoms. The SMILES string of the molecule is C/C=C/CCCCCC(CCC)N(CC(=O)[O-])C(CCC)CCCCC/C=C/C.[Na+]. The Labute approximate surface area is 210 Å². The van der Waals surface area contributed by atoms with Crippen LogP contribution in [0.4, 0.5) is 0 Å². The predicted octanol–water partition coefficient (Wildman–Crippen LogP) is 3.43. The fraction of sp³-hybridized carbons (Fsp3) is 0.808. The smallest absolute Gasteiger partial charge is 0.549 e. The third kappa shape index (κ3) is 17.6. The van der Waals surface area contributed by atoms with Gasteiger partial charge in [0.05, 0.1) is 5.97 Å². The van der Waals surface area contributed by atoms with E-state index in [2.05, 4.69) is 56.9 Å². The summed E-state index contributed by atoms with van der Waals surface area (Å²) in [5.41, 5.74) is 0. The van der Waals surface area contributed by atoms with Crippen LogP contribution >= 0.6 is 0 Å². The molecule has 170 valence electrons. The second kappa shape index (κ2) is 23.6. The summed E-state index contributed by atoms with van der Waals surface area (Å²) in [5.74, 6) is -0.923. The third-order valence-electron chi connectivity index (χ3n) is 5.78. The van der Waals surface area contributed by atoms with Gasteiger partial charge >= 0.3 is 29.6 Å². The van der Waals surface area contributed by atoms with Crippen molar-refractivity contribution in [2.24, 2.45) is 0 Å². The first-order chi connectivity index (χ1) is 14.1. The van der Waals surface area contributed by atoms with Crippen molar-refractivity contribution < 1.29 is 39.5 Å². The second-order valence-electron chi connectivity index (χ2n) is 8.34. The average Bonchev–Trinajstić information content (AvgIpc) is 2.69. The number of allylic oxidation sites excluding steroid dienone is 4. The minimum Gasteiger partial charge on any atom is -0.549 e. The van der Waals surface area contributed by atoms with Gasteiger partial charge in [-0.15, -0.1) is 0 Å². The van der Waals surface area contributed by atoms with E-state index in [0.29, 0.717) is 12.1 Å². The number of rotatable bonds is 20. The number of nitrogens with zero attached hydrogens (tertiary/aromatic N) is 1. The van der Waals surface area contributed by atoms with Gasteiger partial charge in [0.1, 0.15) is 0 Å². The standard InChI is InChI=1S/C26H49NO2.Na/c1-5-9-11-13-15-17-21-24(19-7-3)27(23-26(28)29)25(20-8-4)22-18-16-14-12-10-6-2;/h5-6,9-10,24-25H,7-8,11-23H2,1-4H3,(H,28,29);/q;+1/p-1/b9-5+,10-6+;. The average molecular weight is 430 g/mol. The van der Waals surface area contributed by atoms with Gasteiger partial charge in [-0.2, -0.15) is 0 Å². The Bertz CT molecular complexity index is 405. The summed E-state index contributed by atoms with van der Waals surface area (Å²) in [6, 6.07) is 0.749. The molecule has 0 amide bonds. The van der Waals surface area contributed by atoms with Gasteiger partial charge in [-0.3, -0.25) is 4.90 Å². The van der Waals surface area contributed by atoms with Gasteiger partial charge in [-0.05, 0) is 65.2 Å². The Kier molecular flexibility index (Phi) is 25.2. The van der Waals surface area contributed by atoms with Crippen LogP contribution in [0.3, 0.4) is 0 Å². The fourth-order valence-corrected chi connectivity index (χ4v) is 4.30. The first-order valence-corrected chi connectivity index (χ1v) is 12.3. The Balaban J connectivity index is 0. The predicted molar refractivity (Wildman–Crippen MR) is 125 cm³/mol. The van der Waals surface area contributed by atoms with E-state index in [1.807, 2.05) is 0 Å². The second-order valence-corrected chi connectivity index (χ2v) is 8.34. The molecule has 0 saturated heterocycles. The van der Waals surface area contributed by atoms with Crippen LogP contribution in [0.1, 0.15) is 118 Å². The van der Waals surface area contributed by atoms with Gasteiger partial charge in [-0.25, -0.2) is 0 Å². The van der Waals surface area contributed by atoms with Crippen molar-refractivity contribution in [3.8, 4) is 0 Å². The number of aliphatic carboxylic acids is 1. The van der Waals surface area contributed by atoms with E-state index in [-0.39, 0.29) is 36.1 Å². The molecule has 0 aliphatic rings. The molecule has 0 rings (SSSR count). The zero-order chi connectivity index (χ0) is 21.7. The van der Waals surface area contributed by atoms with E-state index >= 15 is 0 Å². The van der Waals surface area contributed by atoms with E-state index in [4.69, 9.17) is 0 Å². The molecule has 0 aromatic heterocycles. The maximum absolute atomic E-state index is 11.6. The maximum atomic E-state index is 11.6. The molecular weight excluding hydrogens is 381 g/mol. The number of carbonyl (C=O) groups is 1. The Hall–Kier alpha value is -0.0900. The minimum atomic E-state index is -0.923. The molecule has 2 unspecified atom stereocenters. The number of unbranched alkanes of at least 4 members (excludes halogenated alkanes) is 6. The summed E-state index contributed by atoms with van der Waals surface area (Å²) < 4.78 is 0. The number of hydrogen-bond acceptors (Lipinski definition) is 3. The van der Waals surface area contributed by atoms with E-state index in [0.717, 1.165) is 51.4 Å². The molecule has 0 spiro atoms. The molecule has 0 heterocycles. The van der Waals surface area contributed by atoms with Crippen molar-refractivity contribution in [1.29, 1.82) is 0 Å². The molecule has 0 radical (unpaired) electrons. The third-order valence-corrected chi connectivity index (χ3v) is 5.78. The normalized spacial score (nSPS) is 13.8. The van der Waals surface area contributed by atoms with Crippen LogP contribution in [-0.2, 0) is 4.79 Å². The largest absolute Gasteiger partial charge is 1.00 e. The molecule has 30 heavy (non-hydrogen) atoms. The van der Waals surface area contributed by atoms with Crippen molar-refractivity contribution in [2.75, 3.05) is 6.54 Å². The van der Waals surface area contributed by atoms with Gasteiger partial charge in [0, 0.05) is 18.6 Å². The molecule has 0 aromatic rings. The quantitative estimate of drug-likeness (QED) is 0.169. The molecule has 0 bridgehead atoms. The number of hydrogen-bond donors (Lipinski definition) is 0. The topological polar surface area (TPSA) is 43.4 Å². The Morgan fingerprint density at radius 1 is 0.767 bits per heavy atom. The molecule has 2 atom stereocenters. The summed E-state index contributed by atoms with van der Waals surface area (Å²) >= 11 is 0. The number of carbonyl (C=O) groups excluding carboxylic acids is 1. The minimum absolute atomic E-state index is 0. The van der Waals surface area contributed by atoms with Gasteiger partial charge in [-0.1, -0.05) is 76.7 Å². The molecular formula is C26H48NNaO2. The summed E-state index contributed by atoms with van der Waals surface area (Å²) in [6.07, 6.45) is 24.9. The molecule has 0 aliphatic carbocycles. The first kappa shape index (κ1) is 32.1. The number of carboxylic acid groups (broad SMARTS) is 1. The van der Waals surface area contributed by atoms with Crippen LogP contribution in [0, 0.1) is 0 Å². The molecule has 0 aromatic carbocycles. The van der Waals surface area contributed by atoms with Gasteiger partial charge in [0.2, 0.25) is 0 Å². The zero-order valence-electron chi connectivity index (χ0n) is 20.8. The van der Waals surface area contributed by atoms with Gasteiger partial charge < -0.3 is 9.90 Å². The summed E-state index contributed by atoms with van der Waals surface area (Å²) in [4.78, 5) is 13.9. The monoisotopic (exact) mass is 429 g/mol. The molecule has 0 fully saturated rings. The van der Waals surface area contributed by atoms with Crippen molar-refractivity contribution in [1.82, 2.24) is 4.90 Å². The van der Waals surface area contributed by atoms with E-state index in [1.165, 1.54) is 38.5 Å². The van der Waals surface area contributed by atoms with Crippen LogP contribution in [0.25, 0.3) is 0 Å². The fourth-order valence-electron chi connectivity index (χ4n) is 4.30. The first-order valence-electron chi connectivity index (χ1n) is 12.3. The van der Waals surface area contributed by atoms with E-state index in [1.54, 1.807) is 0 Å². The van der Waals surface area contributed by atoms with Crippen LogP contribution in [-0.4, -0.2) is 29.5 Å². The molecule has 0 aliphatic heterocycles. The number of carboxylic acids is 1. The van der Waals surface area contributed by atoms with Gasteiger partial charge in [0.25, 0.3) is 0 Å². The molecule has 0 N–H and O–H groups in total. The molecule has 3 nitrogen and oxygen atoms in total. The Morgan fingerprint density at radius 2 is 1.20 bits per heavy atom. The van der Waals surface area contributed by atoms with Crippen LogP contribution in [0.15, 0.2) is 24.3 Å². The van der Waals surface area contributed by atoms with Crippen molar-refractivity contribution >= 4 is 5.97 Å². The summed E-state index contributed by atoms with van der Waals surface area (Å²) in [6.45, 7) is 8.66. The van der Waals surface area contributed by atoms with E-state index in [9.17, 15) is 9.90 Å². The van der Waals surface area contributed by atoms with Gasteiger partial charge in [0.15, 0.2) is 0 Å². The summed E-state index contributed by atoms with van der Waals surface area (Å²) in [5, 5.41) is 11.6. The maximum Gasteiger partial charge on any atom is 1.00 e. The van der Waals surface area contributed by atoms with Crippen molar-refractivity contribution in [3.05, 3.63) is 24.3 Å². The van der Waals surface area contributed by atoms with Crippen LogP contribution in [0.5, 0.6) is 0 Å². The zero-order valence-corrected chi connectivity index (χ0v) is 22.8. The van der Waals surface area contributed by atoms with Crippen LogP contribution in [0.2, 0.25) is 0 Å².